The number of aryl methyl sites for hydroxylation is 1. The molecule has 1 aromatic carbocycles. The first kappa shape index (κ1) is 9.68. The van der Waals surface area contributed by atoms with E-state index < -0.39 is 0 Å². The van der Waals surface area contributed by atoms with E-state index in [9.17, 15) is 4.39 Å². The molecule has 0 unspecified atom stereocenters. The molecule has 0 saturated carbocycles. The molecule has 0 aliphatic rings. The van der Waals surface area contributed by atoms with Gasteiger partial charge in [-0.05, 0) is 36.6 Å². The lowest BCUT2D eigenvalue weighted by Gasteiger charge is -2.01. The number of benzene rings is 1. The topological polar surface area (TPSA) is 20.2 Å². The van der Waals surface area contributed by atoms with Crippen molar-refractivity contribution in [3.63, 3.8) is 0 Å². The van der Waals surface area contributed by atoms with Gasteiger partial charge in [0.25, 0.3) is 0 Å². The van der Waals surface area contributed by atoms with Crippen LogP contribution in [-0.2, 0) is 6.42 Å². The second kappa shape index (κ2) is 4.58. The smallest absolute Gasteiger partial charge is 0.126 e. The number of hydrogen-bond acceptors (Lipinski definition) is 1. The Hall–Kier alpha value is -0.410. The Bertz CT molecular complexity index is 263. The van der Waals surface area contributed by atoms with Crippen LogP contribution in [0.4, 0.5) is 4.39 Å². The van der Waals surface area contributed by atoms with E-state index in [2.05, 4.69) is 15.9 Å². The molecular formula is C9H10BrFO. The van der Waals surface area contributed by atoms with Crippen LogP contribution >= 0.6 is 15.9 Å². The second-order valence-corrected chi connectivity index (χ2v) is 3.48. The predicted molar refractivity (Wildman–Crippen MR) is 49.5 cm³/mol. The summed E-state index contributed by atoms with van der Waals surface area (Å²) in [5.74, 6) is -0.202. The van der Waals surface area contributed by atoms with Crippen LogP contribution in [0.15, 0.2) is 22.7 Å². The monoisotopic (exact) mass is 232 g/mol. The van der Waals surface area contributed by atoms with Gasteiger partial charge in [0.05, 0.1) is 0 Å². The van der Waals surface area contributed by atoms with Crippen LogP contribution in [0.1, 0.15) is 12.0 Å². The molecule has 0 heterocycles. The highest BCUT2D eigenvalue weighted by atomic mass is 79.9. The van der Waals surface area contributed by atoms with Crippen LogP contribution in [0.25, 0.3) is 0 Å². The summed E-state index contributed by atoms with van der Waals surface area (Å²) >= 11 is 3.26. The van der Waals surface area contributed by atoms with Crippen LogP contribution in [0.5, 0.6) is 0 Å². The molecule has 0 aliphatic heterocycles. The molecule has 1 aromatic rings. The summed E-state index contributed by atoms with van der Waals surface area (Å²) in [6.45, 7) is 0.103. The minimum Gasteiger partial charge on any atom is -0.396 e. The van der Waals surface area contributed by atoms with Crippen molar-refractivity contribution in [2.45, 2.75) is 12.8 Å². The Labute approximate surface area is 79.4 Å². The number of rotatable bonds is 3. The van der Waals surface area contributed by atoms with Crippen molar-refractivity contribution >= 4 is 15.9 Å². The Morgan fingerprint density at radius 1 is 1.42 bits per heavy atom. The molecule has 1 rings (SSSR count). The van der Waals surface area contributed by atoms with Crippen molar-refractivity contribution in [2.75, 3.05) is 6.61 Å². The maximum absolute atomic E-state index is 13.0. The summed E-state index contributed by atoms with van der Waals surface area (Å²) in [5, 5.41) is 8.55. The van der Waals surface area contributed by atoms with E-state index in [0.29, 0.717) is 18.4 Å². The zero-order valence-electron chi connectivity index (χ0n) is 6.56. The molecule has 12 heavy (non-hydrogen) atoms. The van der Waals surface area contributed by atoms with Gasteiger partial charge in [-0.1, -0.05) is 15.9 Å². The number of aliphatic hydroxyl groups is 1. The molecule has 0 aliphatic carbocycles. The van der Waals surface area contributed by atoms with Crippen molar-refractivity contribution in [3.05, 3.63) is 34.1 Å². The molecule has 0 saturated heterocycles. The third-order valence-corrected chi connectivity index (χ3v) is 2.11. The van der Waals surface area contributed by atoms with Gasteiger partial charge >= 0.3 is 0 Å². The van der Waals surface area contributed by atoms with Crippen LogP contribution in [0.3, 0.4) is 0 Å². The first-order valence-corrected chi connectivity index (χ1v) is 4.58. The van der Waals surface area contributed by atoms with Crippen LogP contribution in [0.2, 0.25) is 0 Å². The highest BCUT2D eigenvalue weighted by molar-refractivity contribution is 9.10. The zero-order chi connectivity index (χ0) is 8.97. The largest absolute Gasteiger partial charge is 0.396 e. The highest BCUT2D eigenvalue weighted by Gasteiger charge is 2.01. The Morgan fingerprint density at radius 3 is 2.83 bits per heavy atom. The Morgan fingerprint density at radius 2 is 2.17 bits per heavy atom. The van der Waals surface area contributed by atoms with Gasteiger partial charge < -0.3 is 5.11 Å². The van der Waals surface area contributed by atoms with Crippen molar-refractivity contribution in [1.82, 2.24) is 0 Å². The average Bonchev–Trinajstić information content (AvgIpc) is 2.07. The molecule has 0 radical (unpaired) electrons. The SMILES string of the molecule is OCCCc1cc(Br)ccc1F. The third kappa shape index (κ3) is 2.57. The summed E-state index contributed by atoms with van der Waals surface area (Å²) in [6.07, 6.45) is 1.19. The van der Waals surface area contributed by atoms with Crippen molar-refractivity contribution < 1.29 is 9.50 Å². The molecule has 3 heteroatoms. The van der Waals surface area contributed by atoms with Crippen molar-refractivity contribution in [2.24, 2.45) is 0 Å². The van der Waals surface area contributed by atoms with E-state index in [1.165, 1.54) is 6.07 Å². The van der Waals surface area contributed by atoms with Gasteiger partial charge in [0.2, 0.25) is 0 Å². The van der Waals surface area contributed by atoms with E-state index in [0.717, 1.165) is 4.47 Å². The number of halogens is 2. The molecule has 0 amide bonds. The molecule has 1 nitrogen and oxygen atoms in total. The van der Waals surface area contributed by atoms with E-state index in [1.807, 2.05) is 0 Å². The maximum Gasteiger partial charge on any atom is 0.126 e. The summed E-state index contributed by atoms with van der Waals surface area (Å²) in [6, 6.07) is 4.83. The van der Waals surface area contributed by atoms with Crippen LogP contribution in [0, 0.1) is 5.82 Å². The Balaban J connectivity index is 2.75. The van der Waals surface area contributed by atoms with Gasteiger partial charge in [-0.2, -0.15) is 0 Å². The first-order chi connectivity index (χ1) is 5.74. The van der Waals surface area contributed by atoms with E-state index >= 15 is 0 Å². The van der Waals surface area contributed by atoms with Gasteiger partial charge in [-0.3, -0.25) is 0 Å². The summed E-state index contributed by atoms with van der Waals surface area (Å²) in [5.41, 5.74) is 0.651. The number of hydrogen-bond donors (Lipinski definition) is 1. The maximum atomic E-state index is 13.0. The van der Waals surface area contributed by atoms with Gasteiger partial charge in [-0.25, -0.2) is 4.39 Å². The lowest BCUT2D eigenvalue weighted by Crippen LogP contribution is -1.93. The molecule has 66 valence electrons. The zero-order valence-corrected chi connectivity index (χ0v) is 8.14. The predicted octanol–water partition coefficient (Wildman–Crippen LogP) is 2.51. The van der Waals surface area contributed by atoms with Gasteiger partial charge in [-0.15, -0.1) is 0 Å². The molecule has 0 aromatic heterocycles. The standard InChI is InChI=1S/C9H10BrFO/c10-8-3-4-9(11)7(6-8)2-1-5-12/h3-4,6,12H,1-2,5H2. The minimum absolute atomic E-state index is 0.103. The minimum atomic E-state index is -0.202. The second-order valence-electron chi connectivity index (χ2n) is 2.56. The third-order valence-electron chi connectivity index (χ3n) is 1.61. The summed E-state index contributed by atoms with van der Waals surface area (Å²) in [4.78, 5) is 0. The summed E-state index contributed by atoms with van der Waals surface area (Å²) in [7, 11) is 0. The van der Waals surface area contributed by atoms with Crippen molar-refractivity contribution in [3.8, 4) is 0 Å². The first-order valence-electron chi connectivity index (χ1n) is 3.79. The lowest BCUT2D eigenvalue weighted by atomic mass is 10.1. The molecule has 0 fully saturated rings. The van der Waals surface area contributed by atoms with E-state index in [-0.39, 0.29) is 12.4 Å². The van der Waals surface area contributed by atoms with Crippen LogP contribution in [-0.4, -0.2) is 11.7 Å². The average molecular weight is 233 g/mol. The van der Waals surface area contributed by atoms with Gasteiger partial charge in [0.15, 0.2) is 0 Å². The Kier molecular flexibility index (Phi) is 3.69. The molecule has 0 spiro atoms. The highest BCUT2D eigenvalue weighted by Crippen LogP contribution is 2.16. The van der Waals surface area contributed by atoms with Crippen LogP contribution < -0.4 is 0 Å². The van der Waals surface area contributed by atoms with Gasteiger partial charge in [0.1, 0.15) is 5.82 Å². The van der Waals surface area contributed by atoms with E-state index in [1.54, 1.807) is 12.1 Å². The number of aliphatic hydroxyl groups excluding tert-OH is 1. The molecule has 0 atom stereocenters. The fourth-order valence-electron chi connectivity index (χ4n) is 1.00. The normalized spacial score (nSPS) is 10.2. The van der Waals surface area contributed by atoms with Gasteiger partial charge in [0, 0.05) is 11.1 Å². The fourth-order valence-corrected chi connectivity index (χ4v) is 1.41. The molecule has 0 bridgehead atoms. The lowest BCUT2D eigenvalue weighted by molar-refractivity contribution is 0.288. The summed E-state index contributed by atoms with van der Waals surface area (Å²) < 4.78 is 13.9. The van der Waals surface area contributed by atoms with Crippen molar-refractivity contribution in [1.29, 1.82) is 0 Å². The van der Waals surface area contributed by atoms with E-state index in [4.69, 9.17) is 5.11 Å². The quantitative estimate of drug-likeness (QED) is 0.850. The fraction of sp³-hybridized carbons (Fsp3) is 0.333. The molecule has 1 N–H and O–H groups in total. The molecular weight excluding hydrogens is 223 g/mol.